The third kappa shape index (κ3) is 5.23. The molecular weight excluding hydrogens is 444 g/mol. The molecule has 0 saturated carbocycles. The van der Waals surface area contributed by atoms with Gasteiger partial charge in [0.1, 0.15) is 9.71 Å². The molecule has 178 valence electrons. The molecule has 1 atom stereocenters. The number of aryl methyl sites for hydroxylation is 1. The predicted octanol–water partition coefficient (Wildman–Crippen LogP) is 1.39. The van der Waals surface area contributed by atoms with Crippen LogP contribution in [-0.4, -0.2) is 71.1 Å². The van der Waals surface area contributed by atoms with Crippen molar-refractivity contribution in [2.75, 3.05) is 50.7 Å². The first-order valence-electron chi connectivity index (χ1n) is 11.0. The minimum atomic E-state index is -0.516. The van der Waals surface area contributed by atoms with E-state index in [2.05, 4.69) is 25.4 Å². The van der Waals surface area contributed by atoms with Crippen LogP contribution in [0.5, 0.6) is 0 Å². The topological polar surface area (TPSA) is 147 Å². The highest BCUT2D eigenvalue weighted by Gasteiger charge is 2.25. The van der Waals surface area contributed by atoms with Crippen LogP contribution in [0.3, 0.4) is 0 Å². The third-order valence-corrected chi connectivity index (χ3v) is 6.94. The van der Waals surface area contributed by atoms with Gasteiger partial charge < -0.3 is 25.8 Å². The Hall–Kier alpha value is -2.83. The minimum Gasteiger partial charge on any atom is -0.397 e. The largest absolute Gasteiger partial charge is 0.397 e. The van der Waals surface area contributed by atoms with Crippen LogP contribution in [-0.2, 0) is 22.4 Å². The first kappa shape index (κ1) is 23.3. The zero-order chi connectivity index (χ0) is 23.4. The number of nitrogen functional groups attached to an aromatic ring is 1. The van der Waals surface area contributed by atoms with Gasteiger partial charge in [-0.3, -0.25) is 4.79 Å². The zero-order valence-electron chi connectivity index (χ0n) is 19.0. The lowest BCUT2D eigenvalue weighted by Gasteiger charge is -2.35. The molecule has 33 heavy (non-hydrogen) atoms. The summed E-state index contributed by atoms with van der Waals surface area (Å²) in [4.78, 5) is 19.8. The van der Waals surface area contributed by atoms with E-state index in [0.717, 1.165) is 53.4 Å². The summed E-state index contributed by atoms with van der Waals surface area (Å²) in [5, 5.41) is 12.6. The Bertz CT molecular complexity index is 1110. The third-order valence-electron chi connectivity index (χ3n) is 5.83. The fraction of sp³-hybridized carbons (Fsp3) is 0.571. The van der Waals surface area contributed by atoms with E-state index in [0.29, 0.717) is 49.3 Å². The van der Waals surface area contributed by atoms with Crippen LogP contribution in [0, 0.1) is 12.8 Å². The SMILES string of the molecule is COCCn1nnnc1CCOC[C@H]1CCCN(c2cc(C)nc3sc(C(N)=O)c(N)c23)C1. The van der Waals surface area contributed by atoms with Gasteiger partial charge in [-0.25, -0.2) is 9.67 Å². The fourth-order valence-corrected chi connectivity index (χ4v) is 5.25. The number of ether oxygens (including phenoxy) is 2. The normalized spacial score (nSPS) is 16.5. The Labute approximate surface area is 196 Å². The number of tetrazole rings is 1. The number of carbonyl (C=O) groups is 1. The highest BCUT2D eigenvalue weighted by atomic mass is 32.1. The number of anilines is 2. The van der Waals surface area contributed by atoms with Gasteiger partial charge in [-0.1, -0.05) is 0 Å². The maximum atomic E-state index is 11.8. The molecule has 0 radical (unpaired) electrons. The average Bonchev–Trinajstić information content (AvgIpc) is 3.38. The molecule has 4 N–H and O–H groups in total. The molecule has 11 nitrogen and oxygen atoms in total. The maximum Gasteiger partial charge on any atom is 0.260 e. The summed E-state index contributed by atoms with van der Waals surface area (Å²) in [6.07, 6.45) is 2.80. The van der Waals surface area contributed by atoms with Gasteiger partial charge in [0.15, 0.2) is 5.82 Å². The number of hydrogen-bond acceptors (Lipinski definition) is 10. The van der Waals surface area contributed by atoms with Crippen LogP contribution in [0.4, 0.5) is 11.4 Å². The van der Waals surface area contributed by atoms with Crippen molar-refractivity contribution in [2.45, 2.75) is 32.7 Å². The molecule has 4 heterocycles. The second-order valence-corrected chi connectivity index (χ2v) is 9.26. The Balaban J connectivity index is 1.39. The monoisotopic (exact) mass is 474 g/mol. The summed E-state index contributed by atoms with van der Waals surface area (Å²) in [5.41, 5.74) is 14.2. The number of amides is 1. The fourth-order valence-electron chi connectivity index (χ4n) is 4.24. The number of carbonyl (C=O) groups excluding carboxylic acids is 1. The molecule has 12 heteroatoms. The van der Waals surface area contributed by atoms with Gasteiger partial charge in [0.2, 0.25) is 0 Å². The lowest BCUT2D eigenvalue weighted by Crippen LogP contribution is -2.37. The van der Waals surface area contributed by atoms with Gasteiger partial charge in [-0.15, -0.1) is 16.4 Å². The number of nitrogens with two attached hydrogens (primary N) is 2. The average molecular weight is 475 g/mol. The van der Waals surface area contributed by atoms with E-state index < -0.39 is 5.91 Å². The molecule has 1 aliphatic heterocycles. The zero-order valence-corrected chi connectivity index (χ0v) is 19.8. The van der Waals surface area contributed by atoms with Crippen LogP contribution < -0.4 is 16.4 Å². The molecule has 0 bridgehead atoms. The Kier molecular flexibility index (Phi) is 7.36. The molecule has 0 unspecified atom stereocenters. The Morgan fingerprint density at radius 2 is 2.21 bits per heavy atom. The lowest BCUT2D eigenvalue weighted by molar-refractivity contribution is 0.0940. The molecule has 0 aliphatic carbocycles. The lowest BCUT2D eigenvalue weighted by atomic mass is 9.98. The molecular formula is C21H30N8O3S. The molecule has 1 amide bonds. The number of pyridine rings is 1. The van der Waals surface area contributed by atoms with Gasteiger partial charge >= 0.3 is 0 Å². The molecule has 3 aromatic heterocycles. The predicted molar refractivity (Wildman–Crippen MR) is 126 cm³/mol. The number of nitrogens with zero attached hydrogens (tertiary/aromatic N) is 6. The van der Waals surface area contributed by atoms with Crippen molar-refractivity contribution in [3.63, 3.8) is 0 Å². The van der Waals surface area contributed by atoms with E-state index in [4.69, 9.17) is 20.9 Å². The van der Waals surface area contributed by atoms with Crippen molar-refractivity contribution in [3.05, 3.63) is 22.5 Å². The molecule has 0 spiro atoms. The van der Waals surface area contributed by atoms with Crippen LogP contribution in [0.25, 0.3) is 10.2 Å². The Morgan fingerprint density at radius 1 is 1.36 bits per heavy atom. The van der Waals surface area contributed by atoms with Gasteiger partial charge in [-0.2, -0.15) is 0 Å². The summed E-state index contributed by atoms with van der Waals surface area (Å²) in [6, 6.07) is 2.04. The maximum absolute atomic E-state index is 11.8. The van der Waals surface area contributed by atoms with Gasteiger partial charge in [0.05, 0.1) is 43.1 Å². The van der Waals surface area contributed by atoms with Gasteiger partial charge in [0, 0.05) is 32.3 Å². The van der Waals surface area contributed by atoms with Gasteiger partial charge in [-0.05, 0) is 42.2 Å². The number of aromatic nitrogens is 5. The summed E-state index contributed by atoms with van der Waals surface area (Å²) in [5.74, 6) is 0.671. The second-order valence-electron chi connectivity index (χ2n) is 8.26. The summed E-state index contributed by atoms with van der Waals surface area (Å²) in [6.45, 7) is 6.13. The van der Waals surface area contributed by atoms with Gasteiger partial charge in [0.25, 0.3) is 5.91 Å². The summed E-state index contributed by atoms with van der Waals surface area (Å²) in [7, 11) is 1.66. The summed E-state index contributed by atoms with van der Waals surface area (Å²) >= 11 is 1.26. The molecule has 0 aromatic carbocycles. The molecule has 1 aliphatic rings. The van der Waals surface area contributed by atoms with E-state index in [1.54, 1.807) is 11.8 Å². The smallest absolute Gasteiger partial charge is 0.260 e. The number of methoxy groups -OCH3 is 1. The first-order chi connectivity index (χ1) is 16.0. The summed E-state index contributed by atoms with van der Waals surface area (Å²) < 4.78 is 12.8. The number of hydrogen-bond donors (Lipinski definition) is 2. The van der Waals surface area contributed by atoms with Crippen molar-refractivity contribution in [1.29, 1.82) is 0 Å². The minimum absolute atomic E-state index is 0.370. The molecule has 1 fully saturated rings. The van der Waals surface area contributed by atoms with E-state index in [1.807, 2.05) is 13.0 Å². The molecule has 1 saturated heterocycles. The molecule has 4 rings (SSSR count). The van der Waals surface area contributed by atoms with Crippen LogP contribution in [0.15, 0.2) is 6.07 Å². The quantitative estimate of drug-likeness (QED) is 0.416. The standard InChI is InChI=1S/C21H30N8O3S/c1-13-10-15(17-18(22)19(20(23)30)33-21(17)24-13)28-6-3-4-14(11-28)12-32-8-5-16-25-26-27-29(16)7-9-31-2/h10,14H,3-9,11-12,22H2,1-2H3,(H2,23,30)/t14-/m0/s1. The number of rotatable bonds is 10. The van der Waals surface area contributed by atoms with Crippen molar-refractivity contribution < 1.29 is 14.3 Å². The van der Waals surface area contributed by atoms with E-state index in [1.165, 1.54) is 11.3 Å². The van der Waals surface area contributed by atoms with Crippen LogP contribution in [0.1, 0.15) is 34.0 Å². The van der Waals surface area contributed by atoms with Crippen LogP contribution >= 0.6 is 11.3 Å². The number of fused-ring (bicyclic) bond motifs is 1. The van der Waals surface area contributed by atoms with Crippen molar-refractivity contribution in [1.82, 2.24) is 25.2 Å². The van der Waals surface area contributed by atoms with E-state index >= 15 is 0 Å². The molecule has 3 aromatic rings. The number of primary amides is 1. The number of thiophene rings is 1. The van der Waals surface area contributed by atoms with Crippen molar-refractivity contribution in [2.24, 2.45) is 11.7 Å². The number of piperidine rings is 1. The highest BCUT2D eigenvalue weighted by Crippen LogP contribution is 2.40. The van der Waals surface area contributed by atoms with Crippen LogP contribution in [0.2, 0.25) is 0 Å². The second kappa shape index (κ2) is 10.4. The van der Waals surface area contributed by atoms with Crippen molar-refractivity contribution in [3.8, 4) is 0 Å². The Morgan fingerprint density at radius 3 is 3.00 bits per heavy atom. The van der Waals surface area contributed by atoms with E-state index in [-0.39, 0.29) is 0 Å². The highest BCUT2D eigenvalue weighted by molar-refractivity contribution is 7.21. The van der Waals surface area contributed by atoms with E-state index in [9.17, 15) is 4.79 Å². The first-order valence-corrected chi connectivity index (χ1v) is 11.9. The van der Waals surface area contributed by atoms with Crippen molar-refractivity contribution >= 4 is 38.8 Å².